The monoisotopic (exact) mass is 443 g/mol. The first kappa shape index (κ1) is 22.1. The Bertz CT molecular complexity index is 1150. The van der Waals surface area contributed by atoms with Crippen LogP contribution in [0.5, 0.6) is 11.5 Å². The molecule has 1 unspecified atom stereocenters. The van der Waals surface area contributed by atoms with E-state index in [9.17, 15) is 41.6 Å². The molecule has 0 amide bonds. The van der Waals surface area contributed by atoms with Gasteiger partial charge in [0, 0.05) is 29.3 Å². The molecule has 0 radical (unpaired) electrons. The van der Waals surface area contributed by atoms with E-state index in [1.165, 1.54) is 0 Å². The highest BCUT2D eigenvalue weighted by Crippen LogP contribution is 2.39. The molecule has 0 saturated carbocycles. The molecule has 5 nitrogen and oxygen atoms in total. The van der Waals surface area contributed by atoms with Gasteiger partial charge in [-0.1, -0.05) is 0 Å². The van der Waals surface area contributed by atoms with E-state index in [-0.39, 0.29) is 16.9 Å². The average Bonchev–Trinajstić information content (AvgIpc) is 2.67. The number of hydrogen-bond donors (Lipinski definition) is 1. The quantitative estimate of drug-likeness (QED) is 0.295. The summed E-state index contributed by atoms with van der Waals surface area (Å²) in [5.74, 6) is -3.94. The molecule has 0 spiro atoms. The zero-order chi connectivity index (χ0) is 22.9. The summed E-state index contributed by atoms with van der Waals surface area (Å²) in [5, 5.41) is 20.5. The number of aliphatic hydroxyl groups excluding tert-OH is 1. The van der Waals surface area contributed by atoms with Gasteiger partial charge in [0.05, 0.1) is 4.92 Å². The summed E-state index contributed by atoms with van der Waals surface area (Å²) >= 11 is 0. The van der Waals surface area contributed by atoms with Crippen LogP contribution in [0, 0.1) is 27.6 Å². The van der Waals surface area contributed by atoms with E-state index in [0.29, 0.717) is 24.3 Å². The Morgan fingerprint density at radius 2 is 1.52 bits per heavy atom. The Hall–Kier alpha value is -3.60. The molecule has 3 rings (SSSR count). The Balaban J connectivity index is 1.98. The Morgan fingerprint density at radius 1 is 0.903 bits per heavy atom. The van der Waals surface area contributed by atoms with E-state index >= 15 is 0 Å². The molecular weight excluding hydrogens is 432 g/mol. The molecule has 0 saturated heterocycles. The predicted molar refractivity (Wildman–Crippen MR) is 95.9 cm³/mol. The fourth-order valence-electron chi connectivity index (χ4n) is 2.73. The Morgan fingerprint density at radius 3 is 2.06 bits per heavy atom. The van der Waals surface area contributed by atoms with E-state index in [2.05, 4.69) is 0 Å². The third-order valence-electron chi connectivity index (χ3n) is 4.20. The van der Waals surface area contributed by atoms with Gasteiger partial charge in [0.2, 0.25) is 5.75 Å². The molecule has 0 fully saturated rings. The van der Waals surface area contributed by atoms with Crippen LogP contribution in [0.4, 0.5) is 32.0 Å². The number of ether oxygens (including phenoxy) is 1. The second-order valence-electron chi connectivity index (χ2n) is 6.30. The van der Waals surface area contributed by atoms with Gasteiger partial charge in [-0.15, -0.1) is 0 Å². The van der Waals surface area contributed by atoms with Crippen molar-refractivity contribution in [3.63, 3.8) is 0 Å². The van der Waals surface area contributed by atoms with Crippen LogP contribution in [0.1, 0.15) is 11.7 Å². The van der Waals surface area contributed by atoms with Gasteiger partial charge < -0.3 is 9.84 Å². The number of nitrogens with zero attached hydrogens (tertiary/aromatic N) is 1. The highest BCUT2D eigenvalue weighted by molar-refractivity contribution is 5.66. The van der Waals surface area contributed by atoms with Gasteiger partial charge in [-0.25, -0.2) is 13.2 Å². The van der Waals surface area contributed by atoms with Crippen molar-refractivity contribution >= 4 is 5.69 Å². The molecule has 0 aliphatic carbocycles. The minimum absolute atomic E-state index is 0.258. The maximum Gasteiger partial charge on any atom is 0.418 e. The lowest BCUT2D eigenvalue weighted by Gasteiger charge is -2.16. The van der Waals surface area contributed by atoms with Crippen LogP contribution in [-0.2, 0) is 0 Å². The van der Waals surface area contributed by atoms with Crippen LogP contribution in [0.2, 0.25) is 0 Å². The minimum atomic E-state index is -5.03. The van der Waals surface area contributed by atoms with Crippen molar-refractivity contribution in [1.29, 1.82) is 0 Å². The van der Waals surface area contributed by atoms with E-state index in [4.69, 9.17) is 4.74 Å². The van der Waals surface area contributed by atoms with Gasteiger partial charge in [-0.05, 0) is 42.0 Å². The lowest BCUT2D eigenvalue weighted by Crippen LogP contribution is -2.20. The number of nitro groups is 1. The number of alkyl halides is 3. The van der Waals surface area contributed by atoms with Gasteiger partial charge in [0.15, 0.2) is 6.10 Å². The van der Waals surface area contributed by atoms with Gasteiger partial charge in [0.25, 0.3) is 0 Å². The predicted octanol–water partition coefficient (Wildman–Crippen LogP) is 6.07. The zero-order valence-electron chi connectivity index (χ0n) is 15.2. The lowest BCUT2D eigenvalue weighted by atomic mass is 10.0. The molecule has 0 bridgehead atoms. The van der Waals surface area contributed by atoms with Crippen molar-refractivity contribution in [1.82, 2.24) is 0 Å². The molecule has 162 valence electrons. The number of halogens is 6. The molecule has 31 heavy (non-hydrogen) atoms. The standard InChI is InChI=1S/C20H11F6NO4/c21-11-2-4-13(15(22)8-11)14-5-3-12(9-16(14)23)31-18-7-10(19(28)20(24,25)26)1-6-17(18)27(29)30/h1-9,19,28H. The highest BCUT2D eigenvalue weighted by atomic mass is 19.4. The van der Waals surface area contributed by atoms with Crippen LogP contribution in [0.25, 0.3) is 11.1 Å². The lowest BCUT2D eigenvalue weighted by molar-refractivity contribution is -0.385. The normalized spacial score (nSPS) is 12.5. The molecule has 11 heteroatoms. The third kappa shape index (κ3) is 4.77. The number of benzene rings is 3. The third-order valence-corrected chi connectivity index (χ3v) is 4.20. The Labute approximate surface area is 170 Å². The fourth-order valence-corrected chi connectivity index (χ4v) is 2.73. The number of hydrogen-bond acceptors (Lipinski definition) is 4. The van der Waals surface area contributed by atoms with Crippen LogP contribution in [-0.4, -0.2) is 16.2 Å². The minimum Gasteiger partial charge on any atom is -0.450 e. The van der Waals surface area contributed by atoms with Crippen molar-refractivity contribution in [2.45, 2.75) is 12.3 Å². The summed E-state index contributed by atoms with van der Waals surface area (Å²) in [5.41, 5.74) is -1.97. The highest BCUT2D eigenvalue weighted by Gasteiger charge is 2.40. The summed E-state index contributed by atoms with van der Waals surface area (Å²) in [4.78, 5) is 10.2. The van der Waals surface area contributed by atoms with Gasteiger partial charge >= 0.3 is 11.9 Å². The molecule has 1 N–H and O–H groups in total. The molecular formula is C20H11F6NO4. The SMILES string of the molecule is O=[N+]([O-])c1ccc(C(O)C(F)(F)F)cc1Oc1ccc(-c2ccc(F)cc2F)c(F)c1. The molecule has 0 heterocycles. The molecule has 0 aliphatic heterocycles. The van der Waals surface area contributed by atoms with Gasteiger partial charge in [-0.2, -0.15) is 13.2 Å². The Kier molecular flexibility index (Phi) is 5.89. The largest absolute Gasteiger partial charge is 0.450 e. The topological polar surface area (TPSA) is 72.6 Å². The summed E-state index contributed by atoms with van der Waals surface area (Å²) in [6.45, 7) is 0. The first-order valence-corrected chi connectivity index (χ1v) is 8.43. The maximum atomic E-state index is 14.5. The average molecular weight is 443 g/mol. The van der Waals surface area contributed by atoms with Crippen LogP contribution in [0.3, 0.4) is 0 Å². The van der Waals surface area contributed by atoms with Crippen molar-refractivity contribution in [3.05, 3.63) is 87.7 Å². The molecule has 0 aromatic heterocycles. The van der Waals surface area contributed by atoms with E-state index in [1.807, 2.05) is 0 Å². The maximum absolute atomic E-state index is 14.5. The smallest absolute Gasteiger partial charge is 0.418 e. The molecule has 3 aromatic rings. The van der Waals surface area contributed by atoms with E-state index < -0.39 is 51.7 Å². The fraction of sp³-hybridized carbons (Fsp3) is 0.100. The van der Waals surface area contributed by atoms with Crippen molar-refractivity contribution in [2.75, 3.05) is 0 Å². The molecule has 1 atom stereocenters. The van der Waals surface area contributed by atoms with Gasteiger partial charge in [-0.3, -0.25) is 10.1 Å². The molecule has 3 aromatic carbocycles. The summed E-state index contributed by atoms with van der Waals surface area (Å²) in [6.07, 6.45) is -7.95. The van der Waals surface area contributed by atoms with Gasteiger partial charge in [0.1, 0.15) is 23.2 Å². The van der Waals surface area contributed by atoms with Crippen molar-refractivity contribution < 1.29 is 41.1 Å². The summed E-state index contributed by atoms with van der Waals surface area (Å²) in [7, 11) is 0. The number of aliphatic hydroxyl groups is 1. The first-order chi connectivity index (χ1) is 14.5. The van der Waals surface area contributed by atoms with E-state index in [1.54, 1.807) is 0 Å². The van der Waals surface area contributed by atoms with Crippen LogP contribution in [0.15, 0.2) is 54.6 Å². The van der Waals surface area contributed by atoms with E-state index in [0.717, 1.165) is 30.3 Å². The second-order valence-corrected chi connectivity index (χ2v) is 6.30. The summed E-state index contributed by atoms with van der Waals surface area (Å²) < 4.78 is 84.8. The molecule has 0 aliphatic rings. The second kappa shape index (κ2) is 8.26. The van der Waals surface area contributed by atoms with Crippen molar-refractivity contribution in [2.24, 2.45) is 0 Å². The van der Waals surface area contributed by atoms with Crippen LogP contribution >= 0.6 is 0 Å². The first-order valence-electron chi connectivity index (χ1n) is 8.43. The van der Waals surface area contributed by atoms with Crippen molar-refractivity contribution in [3.8, 4) is 22.6 Å². The number of rotatable bonds is 5. The number of nitro benzene ring substituents is 1. The summed E-state index contributed by atoms with van der Waals surface area (Å²) in [6, 6.07) is 7.40. The van der Waals surface area contributed by atoms with Crippen LogP contribution < -0.4 is 4.74 Å². The zero-order valence-corrected chi connectivity index (χ0v) is 15.2.